The number of nitrogens with zero attached hydrogens (tertiary/aromatic N) is 2. The molecule has 0 saturated heterocycles. The molecule has 7 nitrogen and oxygen atoms in total. The molecule has 0 atom stereocenters. The SMILES string of the molecule is COc1ccccc1Cc1ccc(NC(=O)C2(c3ccc4c(c3)OCO4)CC2)nn1. The van der Waals surface area contributed by atoms with Crippen molar-refractivity contribution in [3.05, 3.63) is 71.4 Å². The zero-order chi connectivity index (χ0) is 20.6. The number of benzene rings is 2. The molecule has 152 valence electrons. The number of para-hydroxylation sites is 1. The smallest absolute Gasteiger partial charge is 0.236 e. The lowest BCUT2D eigenvalue weighted by Crippen LogP contribution is -2.28. The van der Waals surface area contributed by atoms with Crippen LogP contribution in [0, 0.1) is 0 Å². The monoisotopic (exact) mass is 403 g/mol. The fourth-order valence-electron chi connectivity index (χ4n) is 3.77. The highest BCUT2D eigenvalue weighted by Gasteiger charge is 2.51. The van der Waals surface area contributed by atoms with Crippen molar-refractivity contribution in [3.8, 4) is 17.2 Å². The van der Waals surface area contributed by atoms with E-state index in [1.807, 2.05) is 48.5 Å². The summed E-state index contributed by atoms with van der Waals surface area (Å²) in [5.74, 6) is 2.58. The van der Waals surface area contributed by atoms with E-state index in [9.17, 15) is 4.79 Å². The minimum absolute atomic E-state index is 0.0758. The molecule has 1 saturated carbocycles. The van der Waals surface area contributed by atoms with Crippen LogP contribution in [0.3, 0.4) is 0 Å². The zero-order valence-corrected chi connectivity index (χ0v) is 16.6. The molecule has 2 aromatic carbocycles. The maximum absolute atomic E-state index is 13.0. The van der Waals surface area contributed by atoms with Crippen LogP contribution in [0.4, 0.5) is 5.82 Å². The van der Waals surface area contributed by atoms with Crippen LogP contribution in [0.1, 0.15) is 29.7 Å². The Morgan fingerprint density at radius 2 is 1.90 bits per heavy atom. The minimum Gasteiger partial charge on any atom is -0.496 e. The number of anilines is 1. The second kappa shape index (κ2) is 7.33. The molecule has 7 heteroatoms. The second-order valence-electron chi connectivity index (χ2n) is 7.50. The highest BCUT2D eigenvalue weighted by molar-refractivity contribution is 6.00. The molecule has 0 bridgehead atoms. The number of carbonyl (C=O) groups is 1. The van der Waals surface area contributed by atoms with Crippen LogP contribution in [0.15, 0.2) is 54.6 Å². The topological polar surface area (TPSA) is 82.6 Å². The molecule has 1 fully saturated rings. The summed E-state index contributed by atoms with van der Waals surface area (Å²) in [5.41, 5.74) is 2.23. The highest BCUT2D eigenvalue weighted by Crippen LogP contribution is 2.51. The summed E-state index contributed by atoms with van der Waals surface area (Å²) in [5, 5.41) is 11.4. The lowest BCUT2D eigenvalue weighted by Gasteiger charge is -2.16. The average Bonchev–Trinajstić information content (AvgIpc) is 3.46. The van der Waals surface area contributed by atoms with E-state index in [0.29, 0.717) is 23.7 Å². The molecule has 30 heavy (non-hydrogen) atoms. The van der Waals surface area contributed by atoms with Crippen LogP contribution in [0.25, 0.3) is 0 Å². The summed E-state index contributed by atoms with van der Waals surface area (Å²) in [6.07, 6.45) is 2.18. The van der Waals surface area contributed by atoms with Gasteiger partial charge in [0.15, 0.2) is 17.3 Å². The first-order valence-corrected chi connectivity index (χ1v) is 9.84. The predicted octanol–water partition coefficient (Wildman–Crippen LogP) is 3.48. The van der Waals surface area contributed by atoms with Gasteiger partial charge in [-0.25, -0.2) is 0 Å². The van der Waals surface area contributed by atoms with Gasteiger partial charge in [0.05, 0.1) is 18.2 Å². The van der Waals surface area contributed by atoms with Crippen LogP contribution in [0.5, 0.6) is 17.2 Å². The van der Waals surface area contributed by atoms with Crippen molar-refractivity contribution in [1.29, 1.82) is 0 Å². The quantitative estimate of drug-likeness (QED) is 0.679. The maximum Gasteiger partial charge on any atom is 0.236 e. The number of hydrogen-bond donors (Lipinski definition) is 1. The molecule has 2 aliphatic rings. The molecule has 1 aliphatic heterocycles. The fourth-order valence-corrected chi connectivity index (χ4v) is 3.77. The summed E-state index contributed by atoms with van der Waals surface area (Å²) in [4.78, 5) is 13.0. The molecule has 1 aromatic heterocycles. The average molecular weight is 403 g/mol. The first-order chi connectivity index (χ1) is 14.7. The van der Waals surface area contributed by atoms with E-state index in [1.165, 1.54) is 0 Å². The van der Waals surface area contributed by atoms with Crippen LogP contribution in [-0.4, -0.2) is 30.0 Å². The van der Waals surface area contributed by atoms with E-state index in [-0.39, 0.29) is 12.7 Å². The van der Waals surface area contributed by atoms with E-state index in [2.05, 4.69) is 15.5 Å². The summed E-state index contributed by atoms with van der Waals surface area (Å²) in [7, 11) is 1.65. The van der Waals surface area contributed by atoms with Crippen LogP contribution in [0.2, 0.25) is 0 Å². The van der Waals surface area contributed by atoms with Crippen molar-refractivity contribution >= 4 is 11.7 Å². The van der Waals surface area contributed by atoms with E-state index >= 15 is 0 Å². The third kappa shape index (κ3) is 3.32. The van der Waals surface area contributed by atoms with Crippen molar-refractivity contribution in [2.24, 2.45) is 0 Å². The molecular formula is C23H21N3O4. The van der Waals surface area contributed by atoms with Gasteiger partial charge in [0, 0.05) is 12.0 Å². The molecule has 0 radical (unpaired) electrons. The van der Waals surface area contributed by atoms with Crippen molar-refractivity contribution in [1.82, 2.24) is 10.2 Å². The number of fused-ring (bicyclic) bond motifs is 1. The molecule has 5 rings (SSSR count). The first kappa shape index (κ1) is 18.4. The normalized spacial score (nSPS) is 15.5. The summed E-state index contributed by atoms with van der Waals surface area (Å²) >= 11 is 0. The highest BCUT2D eigenvalue weighted by atomic mass is 16.7. The van der Waals surface area contributed by atoms with Crippen LogP contribution in [-0.2, 0) is 16.6 Å². The van der Waals surface area contributed by atoms with E-state index < -0.39 is 5.41 Å². The Hall–Kier alpha value is -3.61. The number of rotatable bonds is 6. The van der Waals surface area contributed by atoms with Crippen LogP contribution < -0.4 is 19.5 Å². The Morgan fingerprint density at radius 3 is 2.67 bits per heavy atom. The molecule has 0 spiro atoms. The molecule has 1 N–H and O–H groups in total. The lowest BCUT2D eigenvalue weighted by molar-refractivity contribution is -0.118. The van der Waals surface area contributed by atoms with Crippen LogP contribution >= 0.6 is 0 Å². The third-order valence-electron chi connectivity index (χ3n) is 5.64. The Bertz CT molecular complexity index is 1090. The van der Waals surface area contributed by atoms with Gasteiger partial charge in [0.1, 0.15) is 5.75 Å². The Kier molecular flexibility index (Phi) is 4.50. The van der Waals surface area contributed by atoms with Gasteiger partial charge in [-0.15, -0.1) is 5.10 Å². The Labute approximate surface area is 174 Å². The maximum atomic E-state index is 13.0. The Morgan fingerprint density at radius 1 is 1.07 bits per heavy atom. The van der Waals surface area contributed by atoms with E-state index in [0.717, 1.165) is 35.4 Å². The molecule has 3 aromatic rings. The van der Waals surface area contributed by atoms with Gasteiger partial charge in [-0.05, 0) is 48.7 Å². The number of ether oxygens (including phenoxy) is 3. The molecule has 1 aliphatic carbocycles. The van der Waals surface area contributed by atoms with Gasteiger partial charge in [0.25, 0.3) is 0 Å². The fraction of sp³-hybridized carbons (Fsp3) is 0.261. The number of nitrogens with one attached hydrogen (secondary N) is 1. The van der Waals surface area contributed by atoms with Gasteiger partial charge in [-0.1, -0.05) is 24.3 Å². The molecule has 0 unspecified atom stereocenters. The van der Waals surface area contributed by atoms with Crippen molar-refractivity contribution in [3.63, 3.8) is 0 Å². The van der Waals surface area contributed by atoms with E-state index in [1.54, 1.807) is 13.2 Å². The minimum atomic E-state index is -0.543. The molecular weight excluding hydrogens is 382 g/mol. The summed E-state index contributed by atoms with van der Waals surface area (Å²) in [6.45, 7) is 0.217. The summed E-state index contributed by atoms with van der Waals surface area (Å²) in [6, 6.07) is 17.2. The van der Waals surface area contributed by atoms with E-state index in [4.69, 9.17) is 14.2 Å². The standard InChI is InChI=1S/C23H21N3O4/c1-28-18-5-3-2-4-15(18)12-17-7-9-21(26-25-17)24-22(27)23(10-11-23)16-6-8-19-20(13-16)30-14-29-19/h2-9,13H,10-12,14H2,1H3,(H,24,26,27). The number of hydrogen-bond acceptors (Lipinski definition) is 6. The number of methoxy groups -OCH3 is 1. The number of carbonyl (C=O) groups excluding carboxylic acids is 1. The van der Waals surface area contributed by atoms with Crippen molar-refractivity contribution in [2.45, 2.75) is 24.7 Å². The second-order valence-corrected chi connectivity index (χ2v) is 7.50. The number of amides is 1. The largest absolute Gasteiger partial charge is 0.496 e. The third-order valence-corrected chi connectivity index (χ3v) is 5.64. The number of aromatic nitrogens is 2. The van der Waals surface area contributed by atoms with Gasteiger partial charge in [-0.2, -0.15) is 5.10 Å². The van der Waals surface area contributed by atoms with Crippen molar-refractivity contribution < 1.29 is 19.0 Å². The van der Waals surface area contributed by atoms with Gasteiger partial charge >= 0.3 is 0 Å². The summed E-state index contributed by atoms with van der Waals surface area (Å²) < 4.78 is 16.2. The zero-order valence-electron chi connectivity index (χ0n) is 16.6. The molecule has 1 amide bonds. The Balaban J connectivity index is 1.28. The lowest BCUT2D eigenvalue weighted by atomic mass is 9.94. The van der Waals surface area contributed by atoms with Gasteiger partial charge in [-0.3, -0.25) is 4.79 Å². The van der Waals surface area contributed by atoms with Crippen molar-refractivity contribution in [2.75, 3.05) is 19.2 Å². The van der Waals surface area contributed by atoms with Gasteiger partial charge in [0.2, 0.25) is 12.7 Å². The van der Waals surface area contributed by atoms with Gasteiger partial charge < -0.3 is 19.5 Å². The predicted molar refractivity (Wildman–Crippen MR) is 110 cm³/mol. The first-order valence-electron chi connectivity index (χ1n) is 9.84. The molecule has 2 heterocycles.